The third-order valence-electron chi connectivity index (χ3n) is 1.95. The second-order valence-corrected chi connectivity index (χ2v) is 4.24. The van der Waals surface area contributed by atoms with Gasteiger partial charge < -0.3 is 0 Å². The van der Waals surface area contributed by atoms with E-state index >= 15 is 0 Å². The molecular weight excluding hydrogens is 337 g/mol. The van der Waals surface area contributed by atoms with Crippen molar-refractivity contribution >= 4 is 27.5 Å². The Morgan fingerprint density at radius 3 is 1.76 bits per heavy atom. The third kappa shape index (κ3) is 3.28. The van der Waals surface area contributed by atoms with Crippen LogP contribution in [0.5, 0.6) is 0 Å². The van der Waals surface area contributed by atoms with Crippen LogP contribution < -0.4 is 0 Å². The van der Waals surface area contributed by atoms with E-state index in [4.69, 9.17) is 11.6 Å². The summed E-state index contributed by atoms with van der Waals surface area (Å²) < 4.78 is 74.1. The van der Waals surface area contributed by atoms with Crippen LogP contribution in [0.4, 0.5) is 26.3 Å². The molecule has 8 heteroatoms. The molecular formula is C9H4BrClF6. The molecule has 0 radical (unpaired) electrons. The number of hydrogen-bond acceptors (Lipinski definition) is 0. The minimum atomic E-state index is -4.74. The molecule has 0 saturated carbocycles. The lowest BCUT2D eigenvalue weighted by Gasteiger charge is -2.16. The van der Waals surface area contributed by atoms with Crippen molar-refractivity contribution in [2.75, 3.05) is 0 Å². The molecule has 0 aliphatic carbocycles. The van der Waals surface area contributed by atoms with Gasteiger partial charge in [-0.1, -0.05) is 15.9 Å². The smallest absolute Gasteiger partial charge is 0.166 e. The molecule has 0 heterocycles. The highest BCUT2D eigenvalue weighted by molar-refractivity contribution is 9.10. The van der Waals surface area contributed by atoms with Gasteiger partial charge in [0.15, 0.2) is 0 Å². The minimum absolute atomic E-state index is 0.389. The van der Waals surface area contributed by atoms with E-state index < -0.39 is 39.4 Å². The Morgan fingerprint density at radius 2 is 1.41 bits per heavy atom. The Balaban J connectivity index is 3.46. The average molecular weight is 341 g/mol. The van der Waals surface area contributed by atoms with Crippen LogP contribution in [0, 0.1) is 0 Å². The molecule has 96 valence electrons. The average Bonchev–Trinajstić information content (AvgIpc) is 2.14. The number of benzene rings is 1. The third-order valence-corrected chi connectivity index (χ3v) is 2.89. The molecule has 0 atom stereocenters. The first-order valence-electron chi connectivity index (χ1n) is 4.10. The van der Waals surface area contributed by atoms with Gasteiger partial charge in [-0.05, 0) is 17.7 Å². The Hall–Kier alpha value is -0.430. The summed E-state index contributed by atoms with van der Waals surface area (Å²) in [4.78, 5) is 0. The largest absolute Gasteiger partial charge is 0.417 e. The molecule has 0 N–H and O–H groups in total. The Morgan fingerprint density at radius 1 is 0.941 bits per heavy atom. The number of hydrogen-bond donors (Lipinski definition) is 0. The van der Waals surface area contributed by atoms with Gasteiger partial charge in [-0.3, -0.25) is 0 Å². The van der Waals surface area contributed by atoms with Crippen LogP contribution in [-0.2, 0) is 18.2 Å². The predicted molar refractivity (Wildman–Crippen MR) is 53.7 cm³/mol. The van der Waals surface area contributed by atoms with E-state index in [1.807, 2.05) is 0 Å². The van der Waals surface area contributed by atoms with E-state index in [-0.39, 0.29) is 0 Å². The van der Waals surface area contributed by atoms with Gasteiger partial charge >= 0.3 is 12.4 Å². The van der Waals surface area contributed by atoms with Crippen molar-refractivity contribution in [3.8, 4) is 0 Å². The molecule has 17 heavy (non-hydrogen) atoms. The topological polar surface area (TPSA) is 0 Å². The summed E-state index contributed by atoms with van der Waals surface area (Å²) in [5.74, 6) is -0.648. The van der Waals surface area contributed by atoms with Gasteiger partial charge in [0.05, 0.1) is 11.1 Å². The first-order chi connectivity index (χ1) is 7.57. The van der Waals surface area contributed by atoms with E-state index in [1.165, 1.54) is 0 Å². The normalized spacial score (nSPS) is 12.9. The van der Waals surface area contributed by atoms with Gasteiger partial charge in [-0.2, -0.15) is 26.3 Å². The van der Waals surface area contributed by atoms with Crippen molar-refractivity contribution in [1.29, 1.82) is 0 Å². The Labute approximate surface area is 106 Å². The van der Waals surface area contributed by atoms with E-state index in [1.54, 1.807) is 0 Å². The molecule has 0 spiro atoms. The van der Waals surface area contributed by atoms with Gasteiger partial charge in [-0.25, -0.2) is 0 Å². The van der Waals surface area contributed by atoms with Gasteiger partial charge in [0.2, 0.25) is 0 Å². The minimum Gasteiger partial charge on any atom is -0.166 e. The Kier molecular flexibility index (Phi) is 4.03. The zero-order chi connectivity index (χ0) is 13.4. The molecule has 0 unspecified atom stereocenters. The number of halogens is 8. The molecule has 0 aliphatic heterocycles. The highest BCUT2D eigenvalue weighted by atomic mass is 79.9. The molecule has 0 aromatic heterocycles. The van der Waals surface area contributed by atoms with Crippen molar-refractivity contribution in [3.05, 3.63) is 33.3 Å². The van der Waals surface area contributed by atoms with Crippen LogP contribution >= 0.6 is 27.5 Å². The SMILES string of the molecule is FC(F)(F)c1cc(CCl)c(C(F)(F)F)cc1Br. The summed E-state index contributed by atoms with van der Waals surface area (Å²) in [7, 11) is 0. The maximum atomic E-state index is 12.5. The molecule has 1 aromatic carbocycles. The van der Waals surface area contributed by atoms with Crippen molar-refractivity contribution < 1.29 is 26.3 Å². The van der Waals surface area contributed by atoms with Crippen LogP contribution in [0.25, 0.3) is 0 Å². The molecule has 0 nitrogen and oxygen atoms in total. The fraction of sp³-hybridized carbons (Fsp3) is 0.333. The quantitative estimate of drug-likeness (QED) is 0.485. The molecule has 0 aliphatic rings. The predicted octanol–water partition coefficient (Wildman–Crippen LogP) is 5.23. The fourth-order valence-corrected chi connectivity index (χ4v) is 2.00. The summed E-state index contributed by atoms with van der Waals surface area (Å²) in [6, 6.07) is 0.792. The maximum absolute atomic E-state index is 12.5. The summed E-state index contributed by atoms with van der Waals surface area (Å²) >= 11 is 7.71. The van der Waals surface area contributed by atoms with Crippen molar-refractivity contribution in [2.45, 2.75) is 18.2 Å². The summed E-state index contributed by atoms with van der Waals surface area (Å²) in [6.07, 6.45) is -9.47. The lowest BCUT2D eigenvalue weighted by molar-refractivity contribution is -0.142. The lowest BCUT2D eigenvalue weighted by atomic mass is 10.0. The number of rotatable bonds is 1. The second-order valence-electron chi connectivity index (χ2n) is 3.12. The molecule has 0 bridgehead atoms. The van der Waals surface area contributed by atoms with Crippen LogP contribution in [-0.4, -0.2) is 0 Å². The highest BCUT2D eigenvalue weighted by Crippen LogP contribution is 2.41. The summed E-state index contributed by atoms with van der Waals surface area (Å²) in [6.45, 7) is 0. The zero-order valence-electron chi connectivity index (χ0n) is 7.89. The summed E-state index contributed by atoms with van der Waals surface area (Å²) in [5.41, 5.74) is -2.96. The number of alkyl halides is 7. The molecule has 1 rings (SSSR count). The van der Waals surface area contributed by atoms with E-state index in [2.05, 4.69) is 15.9 Å². The van der Waals surface area contributed by atoms with Crippen LogP contribution in [0.3, 0.4) is 0 Å². The van der Waals surface area contributed by atoms with Crippen LogP contribution in [0.1, 0.15) is 16.7 Å². The monoisotopic (exact) mass is 340 g/mol. The van der Waals surface area contributed by atoms with Crippen LogP contribution in [0.15, 0.2) is 16.6 Å². The highest BCUT2D eigenvalue weighted by Gasteiger charge is 2.38. The van der Waals surface area contributed by atoms with E-state index in [0.29, 0.717) is 12.1 Å². The molecule has 0 amide bonds. The van der Waals surface area contributed by atoms with Crippen molar-refractivity contribution in [1.82, 2.24) is 0 Å². The lowest BCUT2D eigenvalue weighted by Crippen LogP contribution is -2.13. The van der Waals surface area contributed by atoms with Crippen LogP contribution in [0.2, 0.25) is 0 Å². The van der Waals surface area contributed by atoms with Gasteiger partial charge in [0.1, 0.15) is 0 Å². The first kappa shape index (κ1) is 14.6. The van der Waals surface area contributed by atoms with Crippen molar-refractivity contribution in [2.24, 2.45) is 0 Å². The van der Waals surface area contributed by atoms with Gasteiger partial charge in [-0.15, -0.1) is 11.6 Å². The zero-order valence-corrected chi connectivity index (χ0v) is 10.2. The maximum Gasteiger partial charge on any atom is 0.417 e. The fourth-order valence-electron chi connectivity index (χ4n) is 1.21. The van der Waals surface area contributed by atoms with Gasteiger partial charge in [0.25, 0.3) is 0 Å². The second kappa shape index (κ2) is 4.68. The standard InChI is InChI=1S/C9H4BrClF6/c10-7-2-5(8(12,13)14)4(3-11)1-6(7)9(15,16)17/h1-2H,3H2. The molecule has 0 fully saturated rings. The Bertz CT molecular complexity index is 423. The summed E-state index contributed by atoms with van der Waals surface area (Å²) in [5, 5.41) is 0. The van der Waals surface area contributed by atoms with Gasteiger partial charge in [0, 0.05) is 10.4 Å². The molecule has 0 saturated heterocycles. The van der Waals surface area contributed by atoms with E-state index in [0.717, 1.165) is 0 Å². The molecule has 1 aromatic rings. The first-order valence-corrected chi connectivity index (χ1v) is 5.43. The van der Waals surface area contributed by atoms with Crippen molar-refractivity contribution in [3.63, 3.8) is 0 Å². The van der Waals surface area contributed by atoms with E-state index in [9.17, 15) is 26.3 Å².